The minimum atomic E-state index is -4.16. The van der Waals surface area contributed by atoms with E-state index in [1.165, 1.54) is 4.90 Å². The Morgan fingerprint density at radius 3 is 2.55 bits per heavy atom. The highest BCUT2D eigenvalue weighted by atomic mass is 19.4. The third-order valence-electron chi connectivity index (χ3n) is 3.28. The van der Waals surface area contributed by atoms with Gasteiger partial charge >= 0.3 is 6.18 Å². The largest absolute Gasteiger partial charge is 0.472 e. The van der Waals surface area contributed by atoms with E-state index in [1.54, 1.807) is 12.4 Å². The predicted octanol–water partition coefficient (Wildman–Crippen LogP) is 2.34. The molecular weight excluding hydrogens is 297 g/mol. The first-order valence-corrected chi connectivity index (χ1v) is 7.37. The molecule has 0 amide bonds. The predicted molar refractivity (Wildman–Crippen MR) is 77.1 cm³/mol. The molecule has 124 valence electrons. The number of aromatic nitrogens is 2. The Morgan fingerprint density at radius 1 is 1.14 bits per heavy atom. The maximum absolute atomic E-state index is 12.5. The van der Waals surface area contributed by atoms with Crippen LogP contribution in [0, 0.1) is 0 Å². The molecule has 0 aromatic carbocycles. The summed E-state index contributed by atoms with van der Waals surface area (Å²) in [4.78, 5) is 11.9. The van der Waals surface area contributed by atoms with E-state index in [9.17, 15) is 13.2 Å². The number of hydrogen-bond acceptors (Lipinski definition) is 5. The Morgan fingerprint density at radius 2 is 1.86 bits per heavy atom. The van der Waals surface area contributed by atoms with Gasteiger partial charge in [-0.15, -0.1) is 0 Å². The first-order chi connectivity index (χ1) is 10.3. The smallest absolute Gasteiger partial charge is 0.401 e. The third kappa shape index (κ3) is 5.01. The fraction of sp³-hybridized carbons (Fsp3) is 0.714. The first-order valence-electron chi connectivity index (χ1n) is 7.37. The molecule has 1 saturated heterocycles. The molecule has 1 aliphatic rings. The molecule has 0 radical (unpaired) electrons. The topological polar surface area (TPSA) is 41.5 Å². The number of anilines is 1. The fourth-order valence-electron chi connectivity index (χ4n) is 2.44. The molecule has 0 spiro atoms. The van der Waals surface area contributed by atoms with Crippen LogP contribution in [-0.4, -0.2) is 59.9 Å². The van der Waals surface area contributed by atoms with Crippen LogP contribution in [0.25, 0.3) is 0 Å². The summed E-state index contributed by atoms with van der Waals surface area (Å²) in [5.74, 6) is 1.03. The van der Waals surface area contributed by atoms with Gasteiger partial charge in [0.1, 0.15) is 0 Å². The van der Waals surface area contributed by atoms with Gasteiger partial charge in [0.05, 0.1) is 12.6 Å². The van der Waals surface area contributed by atoms with Crippen LogP contribution in [0.4, 0.5) is 19.0 Å². The lowest BCUT2D eigenvalue weighted by Crippen LogP contribution is -2.37. The Balaban J connectivity index is 2.05. The second kappa shape index (κ2) is 7.13. The van der Waals surface area contributed by atoms with Crippen molar-refractivity contribution in [1.29, 1.82) is 0 Å². The average Bonchev–Trinajstić information content (AvgIpc) is 2.62. The summed E-state index contributed by atoms with van der Waals surface area (Å²) >= 11 is 0. The highest BCUT2D eigenvalue weighted by molar-refractivity contribution is 5.48. The van der Waals surface area contributed by atoms with Crippen LogP contribution in [0.3, 0.4) is 0 Å². The van der Waals surface area contributed by atoms with Crippen molar-refractivity contribution in [3.8, 4) is 5.88 Å². The second-order valence-electron chi connectivity index (χ2n) is 5.58. The van der Waals surface area contributed by atoms with Crippen LogP contribution in [-0.2, 0) is 0 Å². The van der Waals surface area contributed by atoms with E-state index in [-0.39, 0.29) is 6.10 Å². The molecule has 0 saturated carbocycles. The minimum absolute atomic E-state index is 0.0378. The lowest BCUT2D eigenvalue weighted by Gasteiger charge is -2.24. The van der Waals surface area contributed by atoms with Crippen molar-refractivity contribution in [3.63, 3.8) is 0 Å². The number of rotatable bonds is 4. The van der Waals surface area contributed by atoms with Crippen LogP contribution in [0.2, 0.25) is 0 Å². The Hall–Kier alpha value is -1.57. The number of nitrogens with zero attached hydrogens (tertiary/aromatic N) is 4. The summed E-state index contributed by atoms with van der Waals surface area (Å²) in [6.07, 6.45) is -0.429. The molecule has 1 aromatic heterocycles. The SMILES string of the molecule is CC(C)Oc1nccnc1N1CCCN(CC(F)(F)F)CC1. The van der Waals surface area contributed by atoms with Crippen molar-refractivity contribution in [3.05, 3.63) is 12.4 Å². The van der Waals surface area contributed by atoms with Gasteiger partial charge in [0, 0.05) is 38.6 Å². The molecule has 0 bridgehead atoms. The molecule has 1 aromatic rings. The minimum Gasteiger partial charge on any atom is -0.472 e. The number of alkyl halides is 3. The standard InChI is InChI=1S/C14H21F3N4O/c1-11(2)22-13-12(18-4-5-19-13)21-7-3-6-20(8-9-21)10-14(15,16)17/h4-5,11H,3,6-10H2,1-2H3. The summed E-state index contributed by atoms with van der Waals surface area (Å²) in [5.41, 5.74) is 0. The van der Waals surface area contributed by atoms with Crippen molar-refractivity contribution in [1.82, 2.24) is 14.9 Å². The maximum Gasteiger partial charge on any atom is 0.401 e. The second-order valence-corrected chi connectivity index (χ2v) is 5.58. The third-order valence-corrected chi connectivity index (χ3v) is 3.28. The molecule has 2 heterocycles. The van der Waals surface area contributed by atoms with E-state index in [0.29, 0.717) is 44.3 Å². The normalized spacial score (nSPS) is 17.6. The summed E-state index contributed by atoms with van der Waals surface area (Å²) < 4.78 is 43.1. The summed E-state index contributed by atoms with van der Waals surface area (Å²) in [6.45, 7) is 4.81. The number of hydrogen-bond donors (Lipinski definition) is 0. The molecule has 2 rings (SSSR count). The molecule has 0 unspecified atom stereocenters. The first kappa shape index (κ1) is 16.8. The highest BCUT2D eigenvalue weighted by Gasteiger charge is 2.31. The maximum atomic E-state index is 12.5. The number of halogens is 3. The van der Waals surface area contributed by atoms with E-state index in [0.717, 1.165) is 0 Å². The quantitative estimate of drug-likeness (QED) is 0.852. The van der Waals surface area contributed by atoms with Gasteiger partial charge in [-0.3, -0.25) is 4.90 Å². The van der Waals surface area contributed by atoms with Crippen LogP contribution in [0.1, 0.15) is 20.3 Å². The molecule has 1 aliphatic heterocycles. The van der Waals surface area contributed by atoms with Crippen LogP contribution >= 0.6 is 0 Å². The average molecular weight is 318 g/mol. The molecule has 0 atom stereocenters. The summed E-state index contributed by atoms with van der Waals surface area (Å²) in [6, 6.07) is 0. The molecule has 0 N–H and O–H groups in total. The van der Waals surface area contributed by atoms with E-state index in [1.807, 2.05) is 18.7 Å². The summed E-state index contributed by atoms with van der Waals surface area (Å²) in [7, 11) is 0. The van der Waals surface area contributed by atoms with E-state index in [2.05, 4.69) is 9.97 Å². The highest BCUT2D eigenvalue weighted by Crippen LogP contribution is 2.25. The van der Waals surface area contributed by atoms with Gasteiger partial charge in [0.15, 0.2) is 5.82 Å². The number of ether oxygens (including phenoxy) is 1. The molecule has 0 aliphatic carbocycles. The molecule has 8 heteroatoms. The van der Waals surface area contributed by atoms with Gasteiger partial charge in [-0.05, 0) is 20.3 Å². The zero-order chi connectivity index (χ0) is 16.2. The van der Waals surface area contributed by atoms with E-state index < -0.39 is 12.7 Å². The van der Waals surface area contributed by atoms with E-state index >= 15 is 0 Å². The molecular formula is C14H21F3N4O. The van der Waals surface area contributed by atoms with Gasteiger partial charge < -0.3 is 9.64 Å². The molecule has 22 heavy (non-hydrogen) atoms. The van der Waals surface area contributed by atoms with E-state index in [4.69, 9.17) is 4.74 Å². The Kier molecular flexibility index (Phi) is 5.44. The van der Waals surface area contributed by atoms with Gasteiger partial charge in [0.25, 0.3) is 5.88 Å². The van der Waals surface area contributed by atoms with Crippen molar-refractivity contribution >= 4 is 5.82 Å². The van der Waals surface area contributed by atoms with Crippen molar-refractivity contribution < 1.29 is 17.9 Å². The van der Waals surface area contributed by atoms with Crippen LogP contribution in [0.15, 0.2) is 12.4 Å². The fourth-order valence-corrected chi connectivity index (χ4v) is 2.44. The van der Waals surface area contributed by atoms with Gasteiger partial charge in [-0.1, -0.05) is 0 Å². The van der Waals surface area contributed by atoms with Gasteiger partial charge in [-0.2, -0.15) is 13.2 Å². The Labute approximate surface area is 128 Å². The zero-order valence-corrected chi connectivity index (χ0v) is 12.8. The van der Waals surface area contributed by atoms with Gasteiger partial charge in [0.2, 0.25) is 0 Å². The van der Waals surface area contributed by atoms with Crippen LogP contribution < -0.4 is 9.64 Å². The van der Waals surface area contributed by atoms with Crippen molar-refractivity contribution in [2.75, 3.05) is 37.6 Å². The zero-order valence-electron chi connectivity index (χ0n) is 12.8. The lowest BCUT2D eigenvalue weighted by molar-refractivity contribution is -0.145. The lowest BCUT2D eigenvalue weighted by atomic mass is 10.3. The van der Waals surface area contributed by atoms with Crippen LogP contribution in [0.5, 0.6) is 5.88 Å². The Bertz CT molecular complexity index is 481. The monoisotopic (exact) mass is 318 g/mol. The molecule has 1 fully saturated rings. The summed E-state index contributed by atoms with van der Waals surface area (Å²) in [5, 5.41) is 0. The van der Waals surface area contributed by atoms with Crippen molar-refractivity contribution in [2.45, 2.75) is 32.5 Å². The molecule has 5 nitrogen and oxygen atoms in total. The van der Waals surface area contributed by atoms with Gasteiger partial charge in [-0.25, -0.2) is 9.97 Å². The van der Waals surface area contributed by atoms with Crippen molar-refractivity contribution in [2.24, 2.45) is 0 Å².